The summed E-state index contributed by atoms with van der Waals surface area (Å²) in [5, 5.41) is 48.8. The SMILES string of the molecule is CC1=C2[C@@H](O)C[C@@]3(C)C/C(=C\[C@H](OC(=O)c4ccccc4)[C@H](CC1OC(=O)[C@H](O)[C@@H](NC(=O)c1ccccc1)c1ccccc1)C2(C)C)[C@@H](O)C[C@@H]3O. The van der Waals surface area contributed by atoms with Crippen LogP contribution in [0.5, 0.6) is 0 Å². The summed E-state index contributed by atoms with van der Waals surface area (Å²) in [6.45, 7) is 7.56. The molecule has 10 nitrogen and oxygen atoms in total. The quantitative estimate of drug-likeness (QED) is 0.155. The van der Waals surface area contributed by atoms with E-state index in [1.807, 2.05) is 20.8 Å². The summed E-state index contributed by atoms with van der Waals surface area (Å²) in [5.74, 6) is -2.61. The summed E-state index contributed by atoms with van der Waals surface area (Å²) in [5.41, 5.74) is 1.32. The van der Waals surface area contributed by atoms with Crippen molar-refractivity contribution in [2.24, 2.45) is 16.7 Å². The van der Waals surface area contributed by atoms with Crippen LogP contribution in [0.1, 0.15) is 85.7 Å². The van der Waals surface area contributed by atoms with Crippen molar-refractivity contribution in [3.05, 3.63) is 130 Å². The molecule has 0 aromatic heterocycles. The van der Waals surface area contributed by atoms with Crippen LogP contribution in [-0.4, -0.2) is 74.9 Å². The number of benzene rings is 3. The molecule has 3 aromatic carbocycles. The molecule has 6 rings (SSSR count). The lowest BCUT2D eigenvalue weighted by atomic mass is 9.57. The topological polar surface area (TPSA) is 163 Å². The number of hydrogen-bond donors (Lipinski definition) is 5. The number of hydrogen-bond acceptors (Lipinski definition) is 9. The van der Waals surface area contributed by atoms with E-state index in [0.29, 0.717) is 33.4 Å². The molecule has 5 N–H and O–H groups in total. The van der Waals surface area contributed by atoms with Crippen LogP contribution in [-0.2, 0) is 14.3 Å². The molecular weight excluding hydrogens is 674 g/mol. The first-order valence-electron chi connectivity index (χ1n) is 18.2. The average molecular weight is 724 g/mol. The van der Waals surface area contributed by atoms with Crippen LogP contribution in [0.25, 0.3) is 0 Å². The summed E-state index contributed by atoms with van der Waals surface area (Å²) in [4.78, 5) is 40.9. The maximum atomic E-state index is 14.0. The van der Waals surface area contributed by atoms with Crippen molar-refractivity contribution in [3.63, 3.8) is 0 Å². The summed E-state index contributed by atoms with van der Waals surface area (Å²) < 4.78 is 12.4. The molecule has 53 heavy (non-hydrogen) atoms. The first-order chi connectivity index (χ1) is 25.2. The fourth-order valence-corrected chi connectivity index (χ4v) is 8.60. The van der Waals surface area contributed by atoms with E-state index in [-0.39, 0.29) is 25.7 Å². The Morgan fingerprint density at radius 2 is 1.38 bits per heavy atom. The van der Waals surface area contributed by atoms with Gasteiger partial charge in [0, 0.05) is 23.3 Å². The Kier molecular flexibility index (Phi) is 11.1. The molecule has 1 unspecified atom stereocenters. The molecule has 1 amide bonds. The summed E-state index contributed by atoms with van der Waals surface area (Å²) in [6, 6.07) is 24.5. The minimum atomic E-state index is -1.81. The molecule has 4 bridgehead atoms. The number of aliphatic hydroxyl groups is 4. The molecule has 1 fully saturated rings. The largest absolute Gasteiger partial charge is 0.456 e. The van der Waals surface area contributed by atoms with Crippen LogP contribution in [0, 0.1) is 16.7 Å². The number of fused-ring (bicyclic) bond motifs is 4. The van der Waals surface area contributed by atoms with Gasteiger partial charge >= 0.3 is 11.9 Å². The van der Waals surface area contributed by atoms with E-state index < -0.39 is 77.3 Å². The van der Waals surface area contributed by atoms with Gasteiger partial charge in [0.15, 0.2) is 6.10 Å². The fourth-order valence-electron chi connectivity index (χ4n) is 8.60. The molecule has 0 aliphatic heterocycles. The highest BCUT2D eigenvalue weighted by atomic mass is 16.6. The molecule has 280 valence electrons. The van der Waals surface area contributed by atoms with Gasteiger partial charge in [-0.2, -0.15) is 0 Å². The standard InChI is InChI=1S/C43H49NO9/c1-25-33(52-41(51)38(48)37(26-14-8-5-9-15-26)44-39(49)27-16-10-6-11-17-27)21-30-34(53-40(50)28-18-12-7-13-19-28)20-29-23-43(4,35(47)22-31(29)45)24-32(46)36(25)42(30,2)3/h5-20,30-35,37-38,45-48H,21-24H2,1-4H3,(H,44,49)/b29-20+/t30-,31-,32-,33?,34-,35-,37-,38+,43+/m0/s1. The Bertz CT molecular complexity index is 1860. The molecule has 0 heterocycles. The molecule has 3 aliphatic carbocycles. The van der Waals surface area contributed by atoms with Crippen molar-refractivity contribution in [3.8, 4) is 0 Å². The van der Waals surface area contributed by atoms with Crippen molar-refractivity contribution in [1.82, 2.24) is 5.32 Å². The Morgan fingerprint density at radius 1 is 0.792 bits per heavy atom. The van der Waals surface area contributed by atoms with Crippen LogP contribution in [0.2, 0.25) is 0 Å². The van der Waals surface area contributed by atoms with Crippen molar-refractivity contribution < 1.29 is 44.3 Å². The minimum Gasteiger partial charge on any atom is -0.456 e. The van der Waals surface area contributed by atoms with E-state index in [2.05, 4.69) is 5.32 Å². The van der Waals surface area contributed by atoms with Gasteiger partial charge in [-0.3, -0.25) is 4.79 Å². The second kappa shape index (κ2) is 15.4. The van der Waals surface area contributed by atoms with Crippen molar-refractivity contribution in [1.29, 1.82) is 0 Å². The van der Waals surface area contributed by atoms with Crippen LogP contribution < -0.4 is 5.32 Å². The summed E-state index contributed by atoms with van der Waals surface area (Å²) >= 11 is 0. The number of nitrogens with one attached hydrogen (secondary N) is 1. The molecule has 1 saturated carbocycles. The molecule has 3 aliphatic rings. The highest BCUT2D eigenvalue weighted by molar-refractivity contribution is 5.95. The van der Waals surface area contributed by atoms with Gasteiger partial charge in [0.2, 0.25) is 0 Å². The maximum absolute atomic E-state index is 14.0. The first kappa shape index (κ1) is 38.1. The van der Waals surface area contributed by atoms with Crippen molar-refractivity contribution in [2.75, 3.05) is 0 Å². The Balaban J connectivity index is 1.37. The lowest BCUT2D eigenvalue weighted by Gasteiger charge is -2.51. The Hall–Kier alpha value is -4.61. The van der Waals surface area contributed by atoms with Gasteiger partial charge in [-0.05, 0) is 84.2 Å². The number of ether oxygens (including phenoxy) is 2. The zero-order chi connectivity index (χ0) is 38.1. The average Bonchev–Trinajstić information content (AvgIpc) is 3.13. The summed E-state index contributed by atoms with van der Waals surface area (Å²) in [7, 11) is 0. The van der Waals surface area contributed by atoms with Crippen molar-refractivity contribution >= 4 is 17.8 Å². The van der Waals surface area contributed by atoms with E-state index in [4.69, 9.17) is 9.47 Å². The number of aliphatic hydroxyl groups excluding tert-OH is 4. The summed E-state index contributed by atoms with van der Waals surface area (Å²) in [6.07, 6.45) is -4.22. The first-order valence-corrected chi connectivity index (χ1v) is 18.2. The molecular formula is C43H49NO9. The maximum Gasteiger partial charge on any atom is 0.338 e. The zero-order valence-corrected chi connectivity index (χ0v) is 30.5. The third-order valence-electron chi connectivity index (χ3n) is 11.6. The monoisotopic (exact) mass is 723 g/mol. The van der Waals surface area contributed by atoms with Crippen LogP contribution in [0.15, 0.2) is 114 Å². The lowest BCUT2D eigenvalue weighted by molar-refractivity contribution is -0.161. The van der Waals surface area contributed by atoms with Gasteiger partial charge < -0.3 is 35.2 Å². The van der Waals surface area contributed by atoms with Gasteiger partial charge in [-0.1, -0.05) is 87.5 Å². The van der Waals surface area contributed by atoms with Gasteiger partial charge in [-0.25, -0.2) is 9.59 Å². The number of amides is 1. The van der Waals surface area contributed by atoms with E-state index in [1.54, 1.807) is 104 Å². The highest BCUT2D eigenvalue weighted by Crippen LogP contribution is 2.54. The van der Waals surface area contributed by atoms with Crippen molar-refractivity contribution in [2.45, 2.75) is 96.0 Å². The molecule has 9 atom stereocenters. The predicted molar refractivity (Wildman–Crippen MR) is 197 cm³/mol. The number of carbonyl (C=O) groups is 3. The van der Waals surface area contributed by atoms with E-state index in [0.717, 1.165) is 0 Å². The number of esters is 2. The third-order valence-corrected chi connectivity index (χ3v) is 11.6. The second-order valence-electron chi connectivity index (χ2n) is 15.6. The zero-order valence-electron chi connectivity index (χ0n) is 30.5. The molecule has 3 aromatic rings. The van der Waals surface area contributed by atoms with E-state index in [9.17, 15) is 34.8 Å². The van der Waals surface area contributed by atoms with Crippen LogP contribution in [0.4, 0.5) is 0 Å². The third kappa shape index (κ3) is 7.87. The number of carbonyl (C=O) groups excluding carboxylic acids is 3. The lowest BCUT2D eigenvalue weighted by Crippen LogP contribution is -2.51. The highest BCUT2D eigenvalue weighted by Gasteiger charge is 2.52. The van der Waals surface area contributed by atoms with Gasteiger partial charge in [-0.15, -0.1) is 0 Å². The molecule has 0 saturated heterocycles. The van der Waals surface area contributed by atoms with E-state index >= 15 is 0 Å². The molecule has 0 spiro atoms. The minimum absolute atomic E-state index is 0.0714. The predicted octanol–water partition coefficient (Wildman–Crippen LogP) is 5.23. The molecule has 10 heteroatoms. The van der Waals surface area contributed by atoms with Gasteiger partial charge in [0.25, 0.3) is 5.91 Å². The second-order valence-corrected chi connectivity index (χ2v) is 15.6. The fraction of sp³-hybridized carbons (Fsp3) is 0.419. The normalized spacial score (nSPS) is 30.2. The Morgan fingerprint density at radius 3 is 2.00 bits per heavy atom. The smallest absolute Gasteiger partial charge is 0.338 e. The molecule has 0 radical (unpaired) electrons. The van der Waals surface area contributed by atoms with Crippen LogP contribution >= 0.6 is 0 Å². The Labute approximate surface area is 310 Å². The number of rotatable bonds is 8. The van der Waals surface area contributed by atoms with E-state index in [1.165, 1.54) is 0 Å². The van der Waals surface area contributed by atoms with Crippen LogP contribution in [0.3, 0.4) is 0 Å². The van der Waals surface area contributed by atoms with Gasteiger partial charge in [0.05, 0.1) is 29.9 Å². The van der Waals surface area contributed by atoms with Gasteiger partial charge in [0.1, 0.15) is 12.2 Å².